The Labute approximate surface area is 75.1 Å². The van der Waals surface area contributed by atoms with E-state index in [4.69, 9.17) is 13.5 Å². The van der Waals surface area contributed by atoms with Crippen LogP contribution in [0, 0.1) is 11.3 Å². The summed E-state index contributed by atoms with van der Waals surface area (Å²) in [5, 5.41) is 8.60. The molecular formula is C9H10N2. The summed E-state index contributed by atoms with van der Waals surface area (Å²) in [7, 11) is 0. The second-order valence-electron chi connectivity index (χ2n) is 1.99. The van der Waals surface area contributed by atoms with Gasteiger partial charge in [-0.3, -0.25) is 0 Å². The van der Waals surface area contributed by atoms with Crippen molar-refractivity contribution < 1.29 is 8.22 Å². The number of anilines is 1. The quantitative estimate of drug-likeness (QED) is 0.611. The van der Waals surface area contributed by atoms with Gasteiger partial charge in [0.05, 0.1) is 11.6 Å². The van der Waals surface area contributed by atoms with E-state index >= 15 is 0 Å². The summed E-state index contributed by atoms with van der Waals surface area (Å²) in [4.78, 5) is 0.376. The van der Waals surface area contributed by atoms with Gasteiger partial charge in [-0.05, 0) is 24.3 Å². The highest BCUT2D eigenvalue weighted by molar-refractivity contribution is 5.48. The first-order chi connectivity index (χ1) is 7.66. The molecular weight excluding hydrogens is 136 g/mol. The minimum absolute atomic E-state index is 0.0315. The van der Waals surface area contributed by atoms with Gasteiger partial charge in [0.2, 0.25) is 0 Å². The minimum Gasteiger partial charge on any atom is -0.378 e. The molecule has 2 nitrogen and oxygen atoms in total. The topological polar surface area (TPSA) is 27.0 Å². The summed E-state index contributed by atoms with van der Waals surface area (Å²) >= 11 is 0. The Hall–Kier alpha value is -1.49. The molecule has 0 saturated heterocycles. The largest absolute Gasteiger partial charge is 0.378 e. The molecule has 0 unspecified atom stereocenters. The Kier molecular flexibility index (Phi) is 0.798. The van der Waals surface area contributed by atoms with Gasteiger partial charge in [-0.15, -0.1) is 0 Å². The maximum Gasteiger partial charge on any atom is 0.0991 e. The number of hydrogen-bond donors (Lipinski definition) is 0. The lowest BCUT2D eigenvalue weighted by atomic mass is 10.2. The van der Waals surface area contributed by atoms with Crippen LogP contribution in [0.4, 0.5) is 5.69 Å². The van der Waals surface area contributed by atoms with Crippen LogP contribution in [-0.4, -0.2) is 14.0 Å². The lowest BCUT2D eigenvalue weighted by Crippen LogP contribution is -2.07. The van der Waals surface area contributed by atoms with E-state index in [1.807, 2.05) is 6.07 Å². The van der Waals surface area contributed by atoms with E-state index in [0.717, 1.165) is 0 Å². The van der Waals surface area contributed by atoms with Crippen LogP contribution in [0.2, 0.25) is 0 Å². The molecule has 0 radical (unpaired) electrons. The average Bonchev–Trinajstić information content (AvgIpc) is 2.14. The molecule has 0 aliphatic heterocycles. The third kappa shape index (κ3) is 1.71. The highest BCUT2D eigenvalue weighted by Gasteiger charge is 1.93. The first kappa shape index (κ1) is 2.86. The molecule has 1 aromatic carbocycles. The smallest absolute Gasteiger partial charge is 0.0991 e. The normalized spacial score (nSPS) is 19.2. The van der Waals surface area contributed by atoms with Crippen molar-refractivity contribution in [3.63, 3.8) is 0 Å². The number of benzene rings is 1. The average molecular weight is 152 g/mol. The summed E-state index contributed by atoms with van der Waals surface area (Å²) in [5.74, 6) is 0. The second kappa shape index (κ2) is 3.07. The summed E-state index contributed by atoms with van der Waals surface area (Å²) in [6.07, 6.45) is 0. The standard InChI is InChI=1S/C9H10N2/c1-11(2)9-5-3-8(7-10)4-6-9/h3-6H,1-2H3/i1D3,2D3. The molecule has 0 heterocycles. The summed E-state index contributed by atoms with van der Waals surface area (Å²) < 4.78 is 43.3. The van der Waals surface area contributed by atoms with E-state index in [-0.39, 0.29) is 5.69 Å². The van der Waals surface area contributed by atoms with Gasteiger partial charge >= 0.3 is 0 Å². The van der Waals surface area contributed by atoms with Crippen molar-refractivity contribution in [2.45, 2.75) is 0 Å². The van der Waals surface area contributed by atoms with Crippen molar-refractivity contribution in [2.24, 2.45) is 0 Å². The fourth-order valence-electron chi connectivity index (χ4n) is 0.685. The molecule has 1 aromatic rings. The Balaban J connectivity index is 3.20. The third-order valence-electron chi connectivity index (χ3n) is 1.25. The molecule has 0 aliphatic rings. The molecule has 0 aromatic heterocycles. The molecule has 0 spiro atoms. The Morgan fingerprint density at radius 1 is 1.36 bits per heavy atom. The maximum absolute atomic E-state index is 8.60. The van der Waals surface area contributed by atoms with Gasteiger partial charge in [0.1, 0.15) is 0 Å². The number of nitriles is 1. The van der Waals surface area contributed by atoms with Crippen molar-refractivity contribution in [1.82, 2.24) is 0 Å². The molecule has 0 aliphatic carbocycles. The van der Waals surface area contributed by atoms with Crippen molar-refractivity contribution in [3.05, 3.63) is 29.8 Å². The minimum atomic E-state index is -2.76. The zero-order valence-corrected chi connectivity index (χ0v) is 5.70. The van der Waals surface area contributed by atoms with Crippen LogP contribution in [0.15, 0.2) is 24.3 Å². The van der Waals surface area contributed by atoms with Crippen LogP contribution >= 0.6 is 0 Å². The van der Waals surface area contributed by atoms with Gasteiger partial charge in [-0.2, -0.15) is 5.26 Å². The van der Waals surface area contributed by atoms with Gasteiger partial charge in [0, 0.05) is 27.9 Å². The van der Waals surface area contributed by atoms with E-state index in [2.05, 4.69) is 0 Å². The van der Waals surface area contributed by atoms with Crippen LogP contribution in [-0.2, 0) is 0 Å². The highest BCUT2D eigenvalue weighted by Crippen LogP contribution is 2.10. The van der Waals surface area contributed by atoms with Crippen molar-refractivity contribution in [1.29, 1.82) is 5.26 Å². The lowest BCUT2D eigenvalue weighted by Gasteiger charge is -2.11. The Morgan fingerprint density at radius 2 is 2.00 bits per heavy atom. The fraction of sp³-hybridized carbons (Fsp3) is 0.222. The van der Waals surface area contributed by atoms with Crippen LogP contribution in [0.3, 0.4) is 0 Å². The van der Waals surface area contributed by atoms with Gasteiger partial charge in [-0.1, -0.05) is 0 Å². The molecule has 56 valence electrons. The zero-order valence-electron chi connectivity index (χ0n) is 11.7. The summed E-state index contributed by atoms with van der Waals surface area (Å²) in [5.41, 5.74) is 0.369. The third-order valence-corrected chi connectivity index (χ3v) is 1.25. The fourth-order valence-corrected chi connectivity index (χ4v) is 0.685. The molecule has 2 heteroatoms. The Morgan fingerprint density at radius 3 is 2.45 bits per heavy atom. The van der Waals surface area contributed by atoms with E-state index in [0.29, 0.717) is 10.5 Å². The molecule has 0 saturated carbocycles. The van der Waals surface area contributed by atoms with E-state index in [1.54, 1.807) is 0 Å². The lowest BCUT2D eigenvalue weighted by molar-refractivity contribution is 1.13. The van der Waals surface area contributed by atoms with Crippen molar-refractivity contribution in [2.75, 3.05) is 18.9 Å². The van der Waals surface area contributed by atoms with Crippen molar-refractivity contribution in [3.8, 4) is 6.07 Å². The monoisotopic (exact) mass is 152 g/mol. The highest BCUT2D eigenvalue weighted by atomic mass is 15.1. The first-order valence-corrected chi connectivity index (χ1v) is 2.97. The SMILES string of the molecule is [2H]C([2H])([2H])N(c1ccc(C#N)cc1)C([2H])([2H])[2H]. The predicted molar refractivity (Wildman–Crippen MR) is 45.5 cm³/mol. The van der Waals surface area contributed by atoms with Crippen LogP contribution in [0.5, 0.6) is 0 Å². The molecule has 0 bridgehead atoms. The van der Waals surface area contributed by atoms with Crippen LogP contribution in [0.1, 0.15) is 13.8 Å². The van der Waals surface area contributed by atoms with Crippen molar-refractivity contribution >= 4 is 5.69 Å². The van der Waals surface area contributed by atoms with E-state index in [1.165, 1.54) is 24.3 Å². The van der Waals surface area contributed by atoms with Gasteiger partial charge in [-0.25, -0.2) is 0 Å². The van der Waals surface area contributed by atoms with Gasteiger partial charge < -0.3 is 4.90 Å². The molecule has 0 fully saturated rings. The molecule has 1 rings (SSSR count). The van der Waals surface area contributed by atoms with Crippen LogP contribution in [0.25, 0.3) is 0 Å². The molecule has 11 heavy (non-hydrogen) atoms. The maximum atomic E-state index is 8.60. The van der Waals surface area contributed by atoms with Gasteiger partial charge in [0.25, 0.3) is 0 Å². The van der Waals surface area contributed by atoms with Crippen LogP contribution < -0.4 is 4.90 Å². The predicted octanol–water partition coefficient (Wildman–Crippen LogP) is 1.62. The molecule has 0 amide bonds. The number of nitrogens with zero attached hydrogens (tertiary/aromatic N) is 2. The number of hydrogen-bond acceptors (Lipinski definition) is 2. The summed E-state index contributed by atoms with van der Waals surface area (Å²) in [6, 6.07) is 7.23. The van der Waals surface area contributed by atoms with Gasteiger partial charge in [0.15, 0.2) is 0 Å². The molecule has 0 atom stereocenters. The second-order valence-corrected chi connectivity index (χ2v) is 1.99. The summed E-state index contributed by atoms with van der Waals surface area (Å²) in [6.45, 7) is -5.53. The first-order valence-electron chi connectivity index (χ1n) is 5.97. The molecule has 0 N–H and O–H groups in total. The number of rotatable bonds is 1. The zero-order chi connectivity index (χ0) is 13.3. The van der Waals surface area contributed by atoms with E-state index in [9.17, 15) is 0 Å². The Bertz CT molecular complexity index is 411. The van der Waals surface area contributed by atoms with E-state index < -0.39 is 14.0 Å².